The van der Waals surface area contributed by atoms with E-state index < -0.39 is 0 Å². The van der Waals surface area contributed by atoms with Crippen LogP contribution in [-0.4, -0.2) is 19.5 Å². The van der Waals surface area contributed by atoms with Gasteiger partial charge >= 0.3 is 0 Å². The van der Waals surface area contributed by atoms with Gasteiger partial charge in [-0.3, -0.25) is 0 Å². The van der Waals surface area contributed by atoms with Crippen LogP contribution in [0.3, 0.4) is 0 Å². The number of benzene rings is 9. The van der Waals surface area contributed by atoms with Crippen molar-refractivity contribution < 1.29 is 0 Å². The number of nitrogens with zero attached hydrogens (tertiary/aromatic N) is 4. The molecule has 0 atom stereocenters. The van der Waals surface area contributed by atoms with Crippen LogP contribution in [-0.2, 0) is 0 Å². The van der Waals surface area contributed by atoms with Gasteiger partial charge < -0.3 is 4.57 Å². The molecule has 60 heavy (non-hydrogen) atoms. The van der Waals surface area contributed by atoms with Crippen molar-refractivity contribution >= 4 is 64.1 Å². The average Bonchev–Trinajstić information content (AvgIpc) is 3.86. The number of aromatic nitrogens is 4. The third-order valence-corrected chi connectivity index (χ3v) is 12.9. The highest BCUT2D eigenvalue weighted by Crippen LogP contribution is 2.45. The Labute approximate surface area is 350 Å². The average molecular weight is 783 g/mol. The summed E-state index contributed by atoms with van der Waals surface area (Å²) in [4.78, 5) is 15.7. The van der Waals surface area contributed by atoms with Gasteiger partial charge in [-0.2, -0.15) is 0 Å². The molecule has 3 heterocycles. The Bertz CT molecular complexity index is 3610. The minimum atomic E-state index is 0.617. The zero-order chi connectivity index (χ0) is 39.6. The second-order valence-corrected chi connectivity index (χ2v) is 16.2. The van der Waals surface area contributed by atoms with Gasteiger partial charge in [-0.15, -0.1) is 11.3 Å². The molecule has 12 rings (SSSR count). The highest BCUT2D eigenvalue weighted by Gasteiger charge is 2.22. The second-order valence-electron chi connectivity index (χ2n) is 15.2. The van der Waals surface area contributed by atoms with Crippen molar-refractivity contribution in [3.05, 3.63) is 206 Å². The summed E-state index contributed by atoms with van der Waals surface area (Å²) in [5.74, 6) is 1.88. The summed E-state index contributed by atoms with van der Waals surface area (Å²) in [6.45, 7) is 0. The molecule has 12 aromatic rings. The lowest BCUT2D eigenvalue weighted by Crippen LogP contribution is -2.02. The van der Waals surface area contributed by atoms with Crippen molar-refractivity contribution in [3.8, 4) is 62.1 Å². The Kier molecular flexibility index (Phi) is 8.00. The van der Waals surface area contributed by atoms with E-state index in [0.717, 1.165) is 44.6 Å². The quantitative estimate of drug-likeness (QED) is 0.169. The predicted octanol–water partition coefficient (Wildman–Crippen LogP) is 14.8. The van der Waals surface area contributed by atoms with Gasteiger partial charge in [-0.1, -0.05) is 164 Å². The summed E-state index contributed by atoms with van der Waals surface area (Å²) in [6, 6.07) is 73.3. The van der Waals surface area contributed by atoms with Crippen LogP contribution in [0.15, 0.2) is 206 Å². The van der Waals surface area contributed by atoms with Crippen LogP contribution in [0.2, 0.25) is 0 Å². The third kappa shape index (κ3) is 5.63. The Hall–Kier alpha value is -7.73. The molecule has 280 valence electrons. The highest BCUT2D eigenvalue weighted by atomic mass is 32.1. The van der Waals surface area contributed by atoms with Gasteiger partial charge in [0.05, 0.1) is 16.7 Å². The monoisotopic (exact) mass is 782 g/mol. The SMILES string of the molecule is c1ccc(-c2nc(-c3ccc(-n4c5ccccc5c5cc6ccccc6cc54)c(-c4cccc5c4sc4ccccc45)c3)nc(-c3ccccc3-c3ccccc3)n2)cc1. The molecule has 0 N–H and O–H groups in total. The van der Waals surface area contributed by atoms with E-state index in [-0.39, 0.29) is 0 Å². The van der Waals surface area contributed by atoms with E-state index in [2.05, 4.69) is 187 Å². The smallest absolute Gasteiger partial charge is 0.164 e. The number of thiophene rings is 1. The molecular weight excluding hydrogens is 749 g/mol. The molecule has 0 bridgehead atoms. The highest BCUT2D eigenvalue weighted by molar-refractivity contribution is 7.26. The fraction of sp³-hybridized carbons (Fsp3) is 0. The molecule has 0 saturated heterocycles. The Morgan fingerprint density at radius 2 is 0.933 bits per heavy atom. The molecule has 0 amide bonds. The van der Waals surface area contributed by atoms with Crippen LogP contribution in [0.1, 0.15) is 0 Å². The molecule has 0 spiro atoms. The molecule has 0 radical (unpaired) electrons. The van der Waals surface area contributed by atoms with Crippen molar-refractivity contribution in [2.75, 3.05) is 0 Å². The molecule has 9 aromatic carbocycles. The van der Waals surface area contributed by atoms with Gasteiger partial charge in [0.2, 0.25) is 0 Å². The molecule has 0 unspecified atom stereocenters. The van der Waals surface area contributed by atoms with Gasteiger partial charge in [0, 0.05) is 58.8 Å². The minimum absolute atomic E-state index is 0.617. The lowest BCUT2D eigenvalue weighted by atomic mass is 9.97. The largest absolute Gasteiger partial charge is 0.309 e. The summed E-state index contributed by atoms with van der Waals surface area (Å²) in [7, 11) is 0. The van der Waals surface area contributed by atoms with Crippen LogP contribution in [0.4, 0.5) is 0 Å². The molecule has 0 aliphatic rings. The fourth-order valence-electron chi connectivity index (χ4n) is 8.85. The molecule has 0 aliphatic heterocycles. The molecule has 0 aliphatic carbocycles. The maximum atomic E-state index is 5.32. The zero-order valence-corrected chi connectivity index (χ0v) is 33.1. The zero-order valence-electron chi connectivity index (χ0n) is 32.3. The lowest BCUT2D eigenvalue weighted by molar-refractivity contribution is 1.07. The third-order valence-electron chi connectivity index (χ3n) is 11.7. The van der Waals surface area contributed by atoms with E-state index in [0.29, 0.717) is 17.5 Å². The van der Waals surface area contributed by atoms with Crippen molar-refractivity contribution in [1.82, 2.24) is 19.5 Å². The first kappa shape index (κ1) is 34.3. The van der Waals surface area contributed by atoms with Crippen LogP contribution in [0.5, 0.6) is 0 Å². The Morgan fingerprint density at radius 3 is 1.75 bits per heavy atom. The number of hydrogen-bond acceptors (Lipinski definition) is 4. The number of para-hydroxylation sites is 1. The Balaban J connectivity index is 1.15. The van der Waals surface area contributed by atoms with Crippen LogP contribution >= 0.6 is 11.3 Å². The van der Waals surface area contributed by atoms with E-state index in [9.17, 15) is 0 Å². The van der Waals surface area contributed by atoms with Gasteiger partial charge in [0.25, 0.3) is 0 Å². The summed E-state index contributed by atoms with van der Waals surface area (Å²) >= 11 is 1.85. The second kappa shape index (κ2) is 14.0. The normalized spacial score (nSPS) is 11.7. The first-order chi connectivity index (χ1) is 29.7. The molecule has 3 aromatic heterocycles. The predicted molar refractivity (Wildman–Crippen MR) is 252 cm³/mol. The van der Waals surface area contributed by atoms with E-state index in [4.69, 9.17) is 15.0 Å². The van der Waals surface area contributed by atoms with E-state index in [1.54, 1.807) is 0 Å². The maximum absolute atomic E-state index is 5.32. The summed E-state index contributed by atoms with van der Waals surface area (Å²) < 4.78 is 4.97. The van der Waals surface area contributed by atoms with Gasteiger partial charge in [-0.05, 0) is 64.4 Å². The number of rotatable bonds is 6. The van der Waals surface area contributed by atoms with Crippen molar-refractivity contribution in [2.45, 2.75) is 0 Å². The van der Waals surface area contributed by atoms with E-state index in [1.807, 2.05) is 35.6 Å². The number of hydrogen-bond donors (Lipinski definition) is 0. The first-order valence-electron chi connectivity index (χ1n) is 20.2. The molecule has 4 nitrogen and oxygen atoms in total. The first-order valence-corrected chi connectivity index (χ1v) is 21.0. The van der Waals surface area contributed by atoms with E-state index in [1.165, 1.54) is 52.8 Å². The van der Waals surface area contributed by atoms with Crippen molar-refractivity contribution in [2.24, 2.45) is 0 Å². The molecular formula is C55H34N4S. The summed E-state index contributed by atoms with van der Waals surface area (Å²) in [5.41, 5.74) is 10.7. The minimum Gasteiger partial charge on any atom is -0.309 e. The van der Waals surface area contributed by atoms with Gasteiger partial charge in [-0.25, -0.2) is 15.0 Å². The lowest BCUT2D eigenvalue weighted by Gasteiger charge is -2.17. The van der Waals surface area contributed by atoms with Gasteiger partial charge in [0.1, 0.15) is 0 Å². The molecule has 5 heteroatoms. The molecule has 0 fully saturated rings. The Morgan fingerprint density at radius 1 is 0.333 bits per heavy atom. The standard InChI is InChI=1S/C55H34N4S/c1-3-16-35(17-4-1)40-22-9-10-25-45(40)55-57-53(36-18-5-2-6-19-36)56-54(58-55)39-30-31-49(47(33-39)44-27-15-26-43-42-24-12-14-29-51(42)60-52(43)44)59-48-28-13-11-23-41(48)46-32-37-20-7-8-21-38(37)34-50(46)59/h1-34H. The fourth-order valence-corrected chi connectivity index (χ4v) is 10.1. The van der Waals surface area contributed by atoms with Crippen molar-refractivity contribution in [3.63, 3.8) is 0 Å². The van der Waals surface area contributed by atoms with Crippen LogP contribution < -0.4 is 0 Å². The van der Waals surface area contributed by atoms with Crippen molar-refractivity contribution in [1.29, 1.82) is 0 Å². The maximum Gasteiger partial charge on any atom is 0.164 e. The number of fused-ring (bicyclic) bond motifs is 7. The summed E-state index contributed by atoms with van der Waals surface area (Å²) in [5, 5.41) is 7.41. The topological polar surface area (TPSA) is 43.6 Å². The van der Waals surface area contributed by atoms with Crippen LogP contribution in [0, 0.1) is 0 Å². The summed E-state index contributed by atoms with van der Waals surface area (Å²) in [6.07, 6.45) is 0. The van der Waals surface area contributed by atoms with Gasteiger partial charge in [0.15, 0.2) is 17.5 Å². The van der Waals surface area contributed by atoms with Crippen LogP contribution in [0.25, 0.3) is 115 Å². The molecule has 0 saturated carbocycles. The van der Waals surface area contributed by atoms with E-state index >= 15 is 0 Å².